The lowest BCUT2D eigenvalue weighted by Gasteiger charge is -2.41. The minimum Gasteiger partial charge on any atom is -0.300 e. The molecule has 0 N–H and O–H groups in total. The van der Waals surface area contributed by atoms with Gasteiger partial charge >= 0.3 is 0 Å². The molecule has 2 aliphatic heterocycles. The largest absolute Gasteiger partial charge is 0.300 e. The molecule has 1 aromatic rings. The standard InChI is InChI=1S/C22H35N3O2S/c1-2-28(26,27)25-13-11-24(12-14-25)18-20-15-22(16-20)21-7-5-19(6-8-21)17-23-9-3-4-10-23/h5-8,20,22H,2-4,9-18H2,1H3/t20-,22-. The van der Waals surface area contributed by atoms with Crippen molar-refractivity contribution in [2.75, 3.05) is 51.6 Å². The van der Waals surface area contributed by atoms with Crippen LogP contribution >= 0.6 is 0 Å². The van der Waals surface area contributed by atoms with Crippen LogP contribution in [0.1, 0.15) is 49.7 Å². The summed E-state index contributed by atoms with van der Waals surface area (Å²) in [5.41, 5.74) is 2.95. The molecular weight excluding hydrogens is 370 g/mol. The first kappa shape index (κ1) is 20.3. The number of sulfonamides is 1. The van der Waals surface area contributed by atoms with E-state index < -0.39 is 10.0 Å². The Morgan fingerprint density at radius 1 is 0.893 bits per heavy atom. The zero-order valence-electron chi connectivity index (χ0n) is 17.2. The molecule has 5 nitrogen and oxygen atoms in total. The first-order valence-electron chi connectivity index (χ1n) is 11.0. The molecule has 3 fully saturated rings. The predicted molar refractivity (Wildman–Crippen MR) is 114 cm³/mol. The number of hydrogen-bond donors (Lipinski definition) is 0. The molecule has 0 atom stereocenters. The van der Waals surface area contributed by atoms with Crippen molar-refractivity contribution in [3.63, 3.8) is 0 Å². The highest BCUT2D eigenvalue weighted by atomic mass is 32.2. The van der Waals surface area contributed by atoms with E-state index in [-0.39, 0.29) is 5.75 Å². The molecule has 0 unspecified atom stereocenters. The number of benzene rings is 1. The fourth-order valence-electron chi connectivity index (χ4n) is 4.99. The fraction of sp³-hybridized carbons (Fsp3) is 0.727. The van der Waals surface area contributed by atoms with Crippen molar-refractivity contribution < 1.29 is 8.42 Å². The zero-order valence-corrected chi connectivity index (χ0v) is 18.0. The minimum atomic E-state index is -3.02. The SMILES string of the molecule is CCS(=O)(=O)N1CCN(C[C@H]2C[C@H](c3ccc(CN4CCCC4)cc3)C2)CC1. The molecular formula is C22H35N3O2S. The maximum atomic E-state index is 12.0. The maximum absolute atomic E-state index is 12.0. The number of likely N-dealkylation sites (tertiary alicyclic amines) is 1. The lowest BCUT2D eigenvalue weighted by atomic mass is 9.71. The monoisotopic (exact) mass is 405 g/mol. The van der Waals surface area contributed by atoms with E-state index >= 15 is 0 Å². The van der Waals surface area contributed by atoms with Crippen molar-refractivity contribution in [3.8, 4) is 0 Å². The highest BCUT2D eigenvalue weighted by Crippen LogP contribution is 2.42. The molecule has 0 radical (unpaired) electrons. The van der Waals surface area contributed by atoms with Crippen LogP contribution in [0, 0.1) is 5.92 Å². The Hall–Kier alpha value is -0.950. The van der Waals surface area contributed by atoms with Crippen molar-refractivity contribution >= 4 is 10.0 Å². The van der Waals surface area contributed by atoms with Gasteiger partial charge in [-0.15, -0.1) is 0 Å². The molecule has 3 aliphatic rings. The quantitative estimate of drug-likeness (QED) is 0.700. The van der Waals surface area contributed by atoms with E-state index in [1.807, 2.05) is 0 Å². The van der Waals surface area contributed by atoms with Crippen LogP contribution < -0.4 is 0 Å². The van der Waals surface area contributed by atoms with Gasteiger partial charge in [0.25, 0.3) is 0 Å². The summed E-state index contributed by atoms with van der Waals surface area (Å²) in [5.74, 6) is 1.70. The molecule has 0 amide bonds. The molecule has 0 spiro atoms. The number of hydrogen-bond acceptors (Lipinski definition) is 4. The van der Waals surface area contributed by atoms with Gasteiger partial charge in [0.1, 0.15) is 0 Å². The first-order chi connectivity index (χ1) is 13.5. The zero-order chi connectivity index (χ0) is 19.6. The fourth-order valence-corrected chi connectivity index (χ4v) is 6.07. The third-order valence-corrected chi connectivity index (χ3v) is 8.78. The summed E-state index contributed by atoms with van der Waals surface area (Å²) in [4.78, 5) is 5.02. The van der Waals surface area contributed by atoms with Crippen molar-refractivity contribution in [3.05, 3.63) is 35.4 Å². The average molecular weight is 406 g/mol. The van der Waals surface area contributed by atoms with E-state index in [4.69, 9.17) is 0 Å². The van der Waals surface area contributed by atoms with Crippen molar-refractivity contribution in [2.45, 2.75) is 45.1 Å². The lowest BCUT2D eigenvalue weighted by molar-refractivity contribution is 0.124. The summed E-state index contributed by atoms with van der Waals surface area (Å²) < 4.78 is 25.6. The van der Waals surface area contributed by atoms with Gasteiger partial charge in [0.15, 0.2) is 0 Å². The van der Waals surface area contributed by atoms with Crippen LogP contribution in [-0.4, -0.2) is 74.1 Å². The van der Waals surface area contributed by atoms with Crippen LogP contribution in [-0.2, 0) is 16.6 Å². The normalized spacial score (nSPS) is 27.8. The maximum Gasteiger partial charge on any atom is 0.213 e. The molecule has 28 heavy (non-hydrogen) atoms. The summed E-state index contributed by atoms with van der Waals surface area (Å²) in [5, 5.41) is 0. The van der Waals surface area contributed by atoms with Gasteiger partial charge in [-0.05, 0) is 68.7 Å². The summed E-state index contributed by atoms with van der Waals surface area (Å²) in [6, 6.07) is 9.35. The topological polar surface area (TPSA) is 43.9 Å². The number of piperazine rings is 1. The second kappa shape index (κ2) is 8.82. The van der Waals surface area contributed by atoms with Crippen molar-refractivity contribution in [2.24, 2.45) is 5.92 Å². The molecule has 2 heterocycles. The Balaban J connectivity index is 1.19. The number of rotatable bonds is 7. The second-order valence-corrected chi connectivity index (χ2v) is 11.1. The van der Waals surface area contributed by atoms with Crippen LogP contribution in [0.3, 0.4) is 0 Å². The average Bonchev–Trinajstić information content (AvgIpc) is 3.19. The molecule has 1 saturated carbocycles. The van der Waals surface area contributed by atoms with E-state index in [9.17, 15) is 8.42 Å². The van der Waals surface area contributed by atoms with E-state index in [2.05, 4.69) is 34.1 Å². The Kier molecular flexibility index (Phi) is 6.40. The summed E-state index contributed by atoms with van der Waals surface area (Å²) in [7, 11) is -3.02. The van der Waals surface area contributed by atoms with Crippen LogP contribution in [0.5, 0.6) is 0 Å². The Labute approximate surface area is 170 Å². The third kappa shape index (κ3) is 4.78. The van der Waals surface area contributed by atoms with E-state index in [0.29, 0.717) is 19.0 Å². The summed E-state index contributed by atoms with van der Waals surface area (Å²) in [6.07, 6.45) is 5.26. The Morgan fingerprint density at radius 3 is 2.14 bits per heavy atom. The van der Waals surface area contributed by atoms with E-state index in [1.165, 1.54) is 49.9 Å². The van der Waals surface area contributed by atoms with Crippen LogP contribution in [0.25, 0.3) is 0 Å². The molecule has 1 aromatic carbocycles. The van der Waals surface area contributed by atoms with Gasteiger partial charge in [-0.25, -0.2) is 8.42 Å². The first-order valence-corrected chi connectivity index (χ1v) is 12.7. The van der Waals surface area contributed by atoms with Crippen LogP contribution in [0.4, 0.5) is 0 Å². The second-order valence-electron chi connectivity index (χ2n) is 8.86. The molecule has 156 valence electrons. The van der Waals surface area contributed by atoms with Crippen LogP contribution in [0.2, 0.25) is 0 Å². The molecule has 6 heteroatoms. The van der Waals surface area contributed by atoms with Gasteiger partial charge in [-0.2, -0.15) is 4.31 Å². The lowest BCUT2D eigenvalue weighted by Crippen LogP contribution is -2.50. The highest BCUT2D eigenvalue weighted by Gasteiger charge is 2.33. The Morgan fingerprint density at radius 2 is 1.54 bits per heavy atom. The van der Waals surface area contributed by atoms with Gasteiger partial charge in [0.2, 0.25) is 10.0 Å². The van der Waals surface area contributed by atoms with Gasteiger partial charge < -0.3 is 4.90 Å². The predicted octanol–water partition coefficient (Wildman–Crippen LogP) is 2.74. The molecule has 1 aliphatic carbocycles. The van der Waals surface area contributed by atoms with Gasteiger partial charge in [0, 0.05) is 39.3 Å². The van der Waals surface area contributed by atoms with Crippen molar-refractivity contribution in [1.29, 1.82) is 0 Å². The molecule has 2 saturated heterocycles. The third-order valence-electron chi connectivity index (χ3n) is 6.90. The molecule has 0 bridgehead atoms. The Bertz CT molecular complexity index is 730. The summed E-state index contributed by atoms with van der Waals surface area (Å²) >= 11 is 0. The van der Waals surface area contributed by atoms with Crippen LogP contribution in [0.15, 0.2) is 24.3 Å². The smallest absolute Gasteiger partial charge is 0.213 e. The molecule has 0 aromatic heterocycles. The molecule has 4 rings (SSSR count). The van der Waals surface area contributed by atoms with Gasteiger partial charge in [-0.1, -0.05) is 24.3 Å². The van der Waals surface area contributed by atoms with E-state index in [1.54, 1.807) is 11.2 Å². The summed E-state index contributed by atoms with van der Waals surface area (Å²) in [6.45, 7) is 9.55. The highest BCUT2D eigenvalue weighted by molar-refractivity contribution is 7.89. The number of nitrogens with zero attached hydrogens (tertiary/aromatic N) is 3. The van der Waals surface area contributed by atoms with E-state index in [0.717, 1.165) is 32.1 Å². The van der Waals surface area contributed by atoms with Crippen molar-refractivity contribution in [1.82, 2.24) is 14.1 Å². The van der Waals surface area contributed by atoms with Gasteiger partial charge in [0.05, 0.1) is 5.75 Å². The minimum absolute atomic E-state index is 0.216. The van der Waals surface area contributed by atoms with Gasteiger partial charge in [-0.3, -0.25) is 4.90 Å².